The Bertz CT molecular complexity index is 661. The third-order valence-electron chi connectivity index (χ3n) is 3.01. The van der Waals surface area contributed by atoms with E-state index in [1.165, 1.54) is 0 Å². The fraction of sp³-hybridized carbons (Fsp3) is 0.417. The van der Waals surface area contributed by atoms with Gasteiger partial charge in [0.15, 0.2) is 0 Å². The maximum absolute atomic E-state index is 13.5. The molecule has 9 heteroatoms. The largest absolute Gasteiger partial charge is 0.379 e. The fourth-order valence-corrected chi connectivity index (χ4v) is 4.29. The van der Waals surface area contributed by atoms with Crippen LogP contribution in [0.3, 0.4) is 0 Å². The minimum absolute atomic E-state index is 0.0619. The summed E-state index contributed by atoms with van der Waals surface area (Å²) in [6.45, 7) is 1.02. The Morgan fingerprint density at radius 1 is 1.48 bits per heavy atom. The minimum atomic E-state index is -4.16. The summed E-state index contributed by atoms with van der Waals surface area (Å²) in [5.41, 5.74) is -0.125. The van der Waals surface area contributed by atoms with Gasteiger partial charge in [0.25, 0.3) is 15.0 Å². The standard InChI is InChI=1S/C12H12BrClFNO4S/c13-11-9(4-7(15)5-10(11)21(14,18)19)12(17)16-8-2-1-3-20-6-8/h4-5,8H,1-3,6H2,(H,16,17). The molecule has 2 rings (SSSR count). The van der Waals surface area contributed by atoms with E-state index in [1.54, 1.807) is 0 Å². The lowest BCUT2D eigenvalue weighted by Crippen LogP contribution is -2.40. The highest BCUT2D eigenvalue weighted by atomic mass is 79.9. The van der Waals surface area contributed by atoms with Gasteiger partial charge in [0.1, 0.15) is 10.7 Å². The first-order valence-corrected chi connectivity index (χ1v) is 9.21. The predicted molar refractivity (Wildman–Crippen MR) is 78.4 cm³/mol. The van der Waals surface area contributed by atoms with Gasteiger partial charge in [-0.15, -0.1) is 0 Å². The van der Waals surface area contributed by atoms with E-state index < -0.39 is 25.7 Å². The molecule has 1 fully saturated rings. The maximum Gasteiger partial charge on any atom is 0.262 e. The maximum atomic E-state index is 13.5. The van der Waals surface area contributed by atoms with Crippen molar-refractivity contribution in [2.24, 2.45) is 0 Å². The molecule has 1 aromatic carbocycles. The average Bonchev–Trinajstić information content (AvgIpc) is 2.40. The van der Waals surface area contributed by atoms with E-state index in [4.69, 9.17) is 15.4 Å². The Hall–Kier alpha value is -0.700. The monoisotopic (exact) mass is 399 g/mol. The van der Waals surface area contributed by atoms with Crippen molar-refractivity contribution in [3.63, 3.8) is 0 Å². The van der Waals surface area contributed by atoms with Gasteiger partial charge in [0.05, 0.1) is 22.7 Å². The molecule has 0 spiro atoms. The summed E-state index contributed by atoms with van der Waals surface area (Å²) < 4.78 is 41.5. The van der Waals surface area contributed by atoms with E-state index in [0.29, 0.717) is 13.2 Å². The average molecular weight is 401 g/mol. The van der Waals surface area contributed by atoms with E-state index >= 15 is 0 Å². The summed E-state index contributed by atoms with van der Waals surface area (Å²) in [6, 6.07) is 1.53. The zero-order valence-corrected chi connectivity index (χ0v) is 13.9. The molecule has 1 aliphatic rings. The van der Waals surface area contributed by atoms with Gasteiger partial charge in [-0.25, -0.2) is 12.8 Å². The van der Waals surface area contributed by atoms with Crippen LogP contribution < -0.4 is 5.32 Å². The van der Waals surface area contributed by atoms with Crippen LogP contribution in [0, 0.1) is 5.82 Å². The van der Waals surface area contributed by atoms with Crippen molar-refractivity contribution in [3.8, 4) is 0 Å². The van der Waals surface area contributed by atoms with Crippen molar-refractivity contribution in [2.45, 2.75) is 23.8 Å². The SMILES string of the molecule is O=C(NC1CCCOC1)c1cc(F)cc(S(=O)(=O)Cl)c1Br. The molecule has 1 saturated heterocycles. The zero-order valence-electron chi connectivity index (χ0n) is 10.7. The van der Waals surface area contributed by atoms with Crippen LogP contribution >= 0.6 is 26.6 Å². The predicted octanol–water partition coefficient (Wildman–Crippen LogP) is 2.42. The Morgan fingerprint density at radius 2 is 2.19 bits per heavy atom. The van der Waals surface area contributed by atoms with Crippen molar-refractivity contribution in [1.82, 2.24) is 5.32 Å². The Morgan fingerprint density at radius 3 is 2.76 bits per heavy atom. The molecular weight excluding hydrogens is 389 g/mol. The van der Waals surface area contributed by atoms with Crippen molar-refractivity contribution in [1.29, 1.82) is 0 Å². The second-order valence-corrected chi connectivity index (χ2v) is 7.92. The number of carbonyl (C=O) groups is 1. The number of hydrogen-bond donors (Lipinski definition) is 1. The number of halogens is 3. The summed E-state index contributed by atoms with van der Waals surface area (Å²) in [5.74, 6) is -1.44. The van der Waals surface area contributed by atoms with E-state index in [9.17, 15) is 17.6 Å². The number of hydrogen-bond acceptors (Lipinski definition) is 4. The summed E-state index contributed by atoms with van der Waals surface area (Å²) >= 11 is 2.99. The Kier molecular flexibility index (Phi) is 5.24. The summed E-state index contributed by atoms with van der Waals surface area (Å²) in [5, 5.41) is 2.68. The normalized spacial score (nSPS) is 19.3. The first-order valence-electron chi connectivity index (χ1n) is 6.11. The van der Waals surface area contributed by atoms with Gasteiger partial charge in [0.2, 0.25) is 0 Å². The lowest BCUT2D eigenvalue weighted by Gasteiger charge is -2.23. The van der Waals surface area contributed by atoms with Crippen LogP contribution in [0.1, 0.15) is 23.2 Å². The molecule has 0 radical (unpaired) electrons. The molecule has 0 aromatic heterocycles. The third kappa shape index (κ3) is 4.15. The summed E-state index contributed by atoms with van der Waals surface area (Å²) in [4.78, 5) is 11.7. The lowest BCUT2D eigenvalue weighted by molar-refractivity contribution is 0.0623. The van der Waals surface area contributed by atoms with Gasteiger partial charge in [0, 0.05) is 17.3 Å². The fourth-order valence-electron chi connectivity index (χ4n) is 2.02. The molecule has 116 valence electrons. The highest BCUT2D eigenvalue weighted by Gasteiger charge is 2.24. The number of amides is 1. The molecule has 1 N–H and O–H groups in total. The topological polar surface area (TPSA) is 72.5 Å². The molecule has 21 heavy (non-hydrogen) atoms. The molecule has 1 aromatic rings. The van der Waals surface area contributed by atoms with Gasteiger partial charge in [-0.05, 0) is 40.9 Å². The third-order valence-corrected chi connectivity index (χ3v) is 5.47. The summed E-state index contributed by atoms with van der Waals surface area (Å²) in [7, 11) is 1.06. The second kappa shape index (κ2) is 6.60. The highest BCUT2D eigenvalue weighted by molar-refractivity contribution is 9.10. The quantitative estimate of drug-likeness (QED) is 0.791. The lowest BCUT2D eigenvalue weighted by atomic mass is 10.1. The van der Waals surface area contributed by atoms with E-state index in [-0.39, 0.29) is 16.1 Å². The van der Waals surface area contributed by atoms with Gasteiger partial charge in [-0.3, -0.25) is 4.79 Å². The first kappa shape index (κ1) is 16.7. The molecule has 1 heterocycles. The number of ether oxygens (including phenoxy) is 1. The molecule has 1 atom stereocenters. The van der Waals surface area contributed by atoms with Crippen LogP contribution in [0.5, 0.6) is 0 Å². The molecule has 5 nitrogen and oxygen atoms in total. The molecule has 1 aliphatic heterocycles. The molecule has 0 bridgehead atoms. The van der Waals surface area contributed by atoms with Gasteiger partial charge < -0.3 is 10.1 Å². The van der Waals surface area contributed by atoms with Gasteiger partial charge in [-0.2, -0.15) is 0 Å². The van der Waals surface area contributed by atoms with Crippen molar-refractivity contribution >= 4 is 41.6 Å². The molecule has 0 saturated carbocycles. The number of benzene rings is 1. The van der Waals surface area contributed by atoms with Crippen molar-refractivity contribution in [3.05, 3.63) is 28.0 Å². The number of rotatable bonds is 3. The van der Waals surface area contributed by atoms with Gasteiger partial charge in [-0.1, -0.05) is 0 Å². The van der Waals surface area contributed by atoms with Crippen LogP contribution in [0.4, 0.5) is 4.39 Å². The van der Waals surface area contributed by atoms with E-state index in [2.05, 4.69) is 21.2 Å². The Balaban J connectivity index is 2.30. The molecular formula is C12H12BrClFNO4S. The van der Waals surface area contributed by atoms with Crippen LogP contribution in [0.2, 0.25) is 0 Å². The van der Waals surface area contributed by atoms with Crippen LogP contribution in [-0.4, -0.2) is 33.6 Å². The minimum Gasteiger partial charge on any atom is -0.379 e. The first-order chi connectivity index (χ1) is 9.79. The van der Waals surface area contributed by atoms with E-state index in [1.807, 2.05) is 0 Å². The van der Waals surface area contributed by atoms with Crippen LogP contribution in [-0.2, 0) is 13.8 Å². The van der Waals surface area contributed by atoms with Gasteiger partial charge >= 0.3 is 0 Å². The van der Waals surface area contributed by atoms with Crippen molar-refractivity contribution in [2.75, 3.05) is 13.2 Å². The molecule has 1 amide bonds. The highest BCUT2D eigenvalue weighted by Crippen LogP contribution is 2.30. The molecule has 0 aliphatic carbocycles. The molecule has 1 unspecified atom stereocenters. The number of nitrogens with one attached hydrogen (secondary N) is 1. The van der Waals surface area contributed by atoms with Crippen molar-refractivity contribution < 1.29 is 22.3 Å². The smallest absolute Gasteiger partial charge is 0.262 e. The Labute approximate surface area is 134 Å². The zero-order chi connectivity index (χ0) is 15.6. The van der Waals surface area contributed by atoms with Crippen LogP contribution in [0.15, 0.2) is 21.5 Å². The number of carbonyl (C=O) groups excluding carboxylic acids is 1. The van der Waals surface area contributed by atoms with Crippen LogP contribution in [0.25, 0.3) is 0 Å². The second-order valence-electron chi connectivity index (χ2n) is 4.59. The summed E-state index contributed by atoms with van der Waals surface area (Å²) in [6.07, 6.45) is 1.57. The van der Waals surface area contributed by atoms with E-state index in [0.717, 1.165) is 25.0 Å².